The Morgan fingerprint density at radius 1 is 1.35 bits per heavy atom. The predicted molar refractivity (Wildman–Crippen MR) is 78.0 cm³/mol. The number of rotatable bonds is 5. The van der Waals surface area contributed by atoms with Gasteiger partial charge in [-0.2, -0.15) is 0 Å². The molecule has 0 saturated carbocycles. The Balaban J connectivity index is 0.00000361. The monoisotopic (exact) mass is 306 g/mol. The summed E-state index contributed by atoms with van der Waals surface area (Å²) in [5.41, 5.74) is 5.64. The molecular weight excluding hydrogens is 286 g/mol. The molecule has 0 aliphatic heterocycles. The molecule has 0 heterocycles. The van der Waals surface area contributed by atoms with Gasteiger partial charge in [0.2, 0.25) is 0 Å². The minimum atomic E-state index is -0.716. The average molecular weight is 307 g/mol. The molecule has 0 spiro atoms. The maximum Gasteiger partial charge on any atom is 0.256 e. The van der Waals surface area contributed by atoms with E-state index in [1.165, 1.54) is 4.90 Å². The summed E-state index contributed by atoms with van der Waals surface area (Å²) >= 11 is 0. The molecule has 1 aromatic carbocycles. The zero-order valence-corrected chi connectivity index (χ0v) is 12.7. The van der Waals surface area contributed by atoms with Gasteiger partial charge in [-0.05, 0) is 30.5 Å². The van der Waals surface area contributed by atoms with Crippen molar-refractivity contribution >= 4 is 18.3 Å². The van der Waals surface area contributed by atoms with Crippen LogP contribution in [0.15, 0.2) is 18.2 Å². The van der Waals surface area contributed by atoms with Crippen molar-refractivity contribution in [3.05, 3.63) is 35.4 Å². The largest absolute Gasteiger partial charge is 0.342 e. The number of nitrogens with zero attached hydrogens (tertiary/aromatic N) is 1. The van der Waals surface area contributed by atoms with Crippen molar-refractivity contribution in [1.82, 2.24) is 4.90 Å². The van der Waals surface area contributed by atoms with Crippen LogP contribution in [0.2, 0.25) is 0 Å². The van der Waals surface area contributed by atoms with Gasteiger partial charge in [0.25, 0.3) is 5.91 Å². The summed E-state index contributed by atoms with van der Waals surface area (Å²) in [6.07, 6.45) is 0.622. The molecule has 0 radical (unpaired) electrons. The molecule has 0 aliphatic carbocycles. The fourth-order valence-corrected chi connectivity index (χ4v) is 1.64. The maximum absolute atomic E-state index is 13.5. The van der Waals surface area contributed by atoms with Crippen molar-refractivity contribution in [1.29, 1.82) is 0 Å². The Morgan fingerprint density at radius 3 is 2.50 bits per heavy atom. The van der Waals surface area contributed by atoms with Gasteiger partial charge in [0.15, 0.2) is 0 Å². The molecule has 114 valence electrons. The van der Waals surface area contributed by atoms with Crippen LogP contribution in [0.5, 0.6) is 0 Å². The number of benzene rings is 1. The Hall–Kier alpha value is -1.20. The lowest BCUT2D eigenvalue weighted by Crippen LogP contribution is -2.35. The lowest BCUT2D eigenvalue weighted by molar-refractivity contribution is 0.0784. The predicted octanol–water partition coefficient (Wildman–Crippen LogP) is 2.83. The second-order valence-electron chi connectivity index (χ2n) is 5.05. The van der Waals surface area contributed by atoms with Crippen LogP contribution in [0.4, 0.5) is 8.78 Å². The van der Waals surface area contributed by atoms with Crippen LogP contribution in [0.3, 0.4) is 0 Å². The Labute approximate surface area is 124 Å². The number of carbonyl (C=O) groups excluding carboxylic acids is 1. The van der Waals surface area contributed by atoms with Crippen molar-refractivity contribution in [3.63, 3.8) is 0 Å². The number of amides is 1. The van der Waals surface area contributed by atoms with E-state index in [-0.39, 0.29) is 24.0 Å². The SMILES string of the molecule is CC(C)C(N)CCN(C)C(=O)c1cc(F)ccc1F.Cl. The molecular formula is C14H21ClF2N2O. The number of nitrogens with two attached hydrogens (primary N) is 1. The quantitative estimate of drug-likeness (QED) is 0.909. The van der Waals surface area contributed by atoms with Crippen LogP contribution in [0, 0.1) is 17.6 Å². The standard InChI is InChI=1S/C14H20F2N2O.ClH/c1-9(2)13(17)6-7-18(3)14(19)11-8-10(15)4-5-12(11)16;/h4-5,8-9,13H,6-7,17H2,1-3H3;1H. The second kappa shape index (κ2) is 8.17. The first-order valence-electron chi connectivity index (χ1n) is 6.29. The molecule has 0 saturated heterocycles. The Kier molecular flexibility index (Phi) is 7.68. The minimum Gasteiger partial charge on any atom is -0.342 e. The van der Waals surface area contributed by atoms with Gasteiger partial charge in [-0.15, -0.1) is 12.4 Å². The van der Waals surface area contributed by atoms with Gasteiger partial charge in [-0.1, -0.05) is 13.8 Å². The first kappa shape index (κ1) is 18.8. The highest BCUT2D eigenvalue weighted by Gasteiger charge is 2.18. The normalized spacial score (nSPS) is 11.9. The summed E-state index contributed by atoms with van der Waals surface area (Å²) in [7, 11) is 1.56. The van der Waals surface area contributed by atoms with Gasteiger partial charge in [-0.3, -0.25) is 4.79 Å². The van der Waals surface area contributed by atoms with Gasteiger partial charge in [0, 0.05) is 19.6 Å². The van der Waals surface area contributed by atoms with Gasteiger partial charge < -0.3 is 10.6 Å². The van der Waals surface area contributed by atoms with Gasteiger partial charge in [0.05, 0.1) is 5.56 Å². The number of halogens is 3. The molecule has 1 aromatic rings. The minimum absolute atomic E-state index is 0. The molecule has 3 nitrogen and oxygen atoms in total. The lowest BCUT2D eigenvalue weighted by atomic mass is 10.0. The molecule has 6 heteroatoms. The highest BCUT2D eigenvalue weighted by atomic mass is 35.5. The number of carbonyl (C=O) groups is 1. The third-order valence-corrected chi connectivity index (χ3v) is 3.16. The van der Waals surface area contributed by atoms with Crippen molar-refractivity contribution in [2.75, 3.05) is 13.6 Å². The summed E-state index contributed by atoms with van der Waals surface area (Å²) in [6.45, 7) is 4.41. The highest BCUT2D eigenvalue weighted by molar-refractivity contribution is 5.94. The van der Waals surface area contributed by atoms with E-state index in [9.17, 15) is 13.6 Å². The summed E-state index contributed by atoms with van der Waals surface area (Å²) < 4.78 is 26.5. The molecule has 20 heavy (non-hydrogen) atoms. The fraction of sp³-hybridized carbons (Fsp3) is 0.500. The van der Waals surface area contributed by atoms with Crippen LogP contribution in [-0.2, 0) is 0 Å². The van der Waals surface area contributed by atoms with E-state index in [4.69, 9.17) is 5.73 Å². The Bertz CT molecular complexity index is 455. The van der Waals surface area contributed by atoms with Crippen LogP contribution in [0.25, 0.3) is 0 Å². The van der Waals surface area contributed by atoms with Crippen molar-refractivity contribution in [2.24, 2.45) is 11.7 Å². The molecule has 0 bridgehead atoms. The van der Waals surface area contributed by atoms with Crippen molar-refractivity contribution in [3.8, 4) is 0 Å². The molecule has 0 aliphatic rings. The first-order chi connectivity index (χ1) is 8.82. The molecule has 1 atom stereocenters. The second-order valence-corrected chi connectivity index (χ2v) is 5.05. The van der Waals surface area contributed by atoms with E-state index >= 15 is 0 Å². The highest BCUT2D eigenvalue weighted by Crippen LogP contribution is 2.13. The number of hydrogen-bond donors (Lipinski definition) is 1. The van der Waals surface area contributed by atoms with Crippen LogP contribution < -0.4 is 5.73 Å². The third kappa shape index (κ3) is 5.06. The van der Waals surface area contributed by atoms with E-state index in [1.807, 2.05) is 13.8 Å². The third-order valence-electron chi connectivity index (χ3n) is 3.16. The van der Waals surface area contributed by atoms with Crippen LogP contribution >= 0.6 is 12.4 Å². The van der Waals surface area contributed by atoms with E-state index < -0.39 is 17.5 Å². The zero-order valence-electron chi connectivity index (χ0n) is 11.9. The maximum atomic E-state index is 13.5. The molecule has 1 rings (SSSR count). The fourth-order valence-electron chi connectivity index (χ4n) is 1.64. The van der Waals surface area contributed by atoms with Crippen molar-refractivity contribution < 1.29 is 13.6 Å². The van der Waals surface area contributed by atoms with E-state index in [2.05, 4.69) is 0 Å². The zero-order chi connectivity index (χ0) is 14.6. The average Bonchev–Trinajstić information content (AvgIpc) is 2.37. The van der Waals surface area contributed by atoms with E-state index in [0.29, 0.717) is 18.9 Å². The Morgan fingerprint density at radius 2 is 1.95 bits per heavy atom. The topological polar surface area (TPSA) is 46.3 Å². The van der Waals surface area contributed by atoms with Crippen molar-refractivity contribution in [2.45, 2.75) is 26.3 Å². The van der Waals surface area contributed by atoms with Crippen LogP contribution in [-0.4, -0.2) is 30.4 Å². The van der Waals surface area contributed by atoms with E-state index in [1.54, 1.807) is 7.05 Å². The van der Waals surface area contributed by atoms with Gasteiger partial charge in [0.1, 0.15) is 11.6 Å². The summed E-state index contributed by atoms with van der Waals surface area (Å²) in [5.74, 6) is -1.56. The summed E-state index contributed by atoms with van der Waals surface area (Å²) in [6, 6.07) is 2.83. The number of hydrogen-bond acceptors (Lipinski definition) is 2. The molecule has 2 N–H and O–H groups in total. The smallest absolute Gasteiger partial charge is 0.256 e. The van der Waals surface area contributed by atoms with Gasteiger partial charge >= 0.3 is 0 Å². The van der Waals surface area contributed by atoms with Crippen LogP contribution in [0.1, 0.15) is 30.6 Å². The summed E-state index contributed by atoms with van der Waals surface area (Å²) in [5, 5.41) is 0. The molecule has 1 unspecified atom stereocenters. The van der Waals surface area contributed by atoms with E-state index in [0.717, 1.165) is 18.2 Å². The lowest BCUT2D eigenvalue weighted by Gasteiger charge is -2.21. The van der Waals surface area contributed by atoms with Gasteiger partial charge in [-0.25, -0.2) is 8.78 Å². The molecule has 1 amide bonds. The first-order valence-corrected chi connectivity index (χ1v) is 6.29. The molecule has 0 fully saturated rings. The summed E-state index contributed by atoms with van der Waals surface area (Å²) in [4.78, 5) is 13.3. The molecule has 0 aromatic heterocycles.